The van der Waals surface area contributed by atoms with Crippen LogP contribution in [-0.4, -0.2) is 6.04 Å². The molecule has 1 fully saturated rings. The van der Waals surface area contributed by atoms with E-state index in [1.165, 1.54) is 28.2 Å². The molecule has 1 nitrogen and oxygen atoms in total. The molecule has 4 heteroatoms. The fourth-order valence-corrected chi connectivity index (χ4v) is 3.63. The standard InChI is InChI=1S/C16H15BrClNS/c17-12-4-7-16(11(8-12)10-19-14-5-6-14)20-15-3-1-2-13(18)9-15/h1-4,7-9,14,19H,5-6,10H2. The molecule has 2 aromatic carbocycles. The third-order valence-electron chi connectivity index (χ3n) is 3.20. The zero-order valence-corrected chi connectivity index (χ0v) is 14.1. The van der Waals surface area contributed by atoms with Crippen molar-refractivity contribution < 1.29 is 0 Å². The second kappa shape index (κ2) is 6.52. The van der Waals surface area contributed by atoms with Gasteiger partial charge in [0.2, 0.25) is 0 Å². The molecule has 1 N–H and O–H groups in total. The molecule has 0 atom stereocenters. The highest BCUT2D eigenvalue weighted by Gasteiger charge is 2.20. The van der Waals surface area contributed by atoms with Crippen molar-refractivity contribution >= 4 is 39.3 Å². The maximum Gasteiger partial charge on any atom is 0.0417 e. The van der Waals surface area contributed by atoms with Crippen molar-refractivity contribution in [3.8, 4) is 0 Å². The van der Waals surface area contributed by atoms with Gasteiger partial charge in [0, 0.05) is 31.9 Å². The molecule has 0 saturated heterocycles. The summed E-state index contributed by atoms with van der Waals surface area (Å²) in [5, 5.41) is 4.36. The zero-order valence-electron chi connectivity index (χ0n) is 10.9. The lowest BCUT2D eigenvalue weighted by atomic mass is 10.2. The largest absolute Gasteiger partial charge is 0.310 e. The average molecular weight is 369 g/mol. The second-order valence-corrected chi connectivity index (χ2v) is 7.43. The van der Waals surface area contributed by atoms with Gasteiger partial charge in [0.05, 0.1) is 0 Å². The van der Waals surface area contributed by atoms with Crippen LogP contribution in [0.5, 0.6) is 0 Å². The summed E-state index contributed by atoms with van der Waals surface area (Å²) in [4.78, 5) is 2.45. The van der Waals surface area contributed by atoms with Crippen LogP contribution in [0.15, 0.2) is 56.7 Å². The van der Waals surface area contributed by atoms with Gasteiger partial charge in [0.1, 0.15) is 0 Å². The summed E-state index contributed by atoms with van der Waals surface area (Å²) in [5.41, 5.74) is 1.33. The first-order valence-electron chi connectivity index (χ1n) is 6.66. The number of nitrogens with one attached hydrogen (secondary N) is 1. The quantitative estimate of drug-likeness (QED) is 0.747. The molecule has 104 valence electrons. The third-order valence-corrected chi connectivity index (χ3v) is 5.04. The number of benzene rings is 2. The van der Waals surface area contributed by atoms with Crippen LogP contribution in [0.25, 0.3) is 0 Å². The van der Waals surface area contributed by atoms with Crippen LogP contribution in [0, 0.1) is 0 Å². The Morgan fingerprint density at radius 2 is 2.05 bits per heavy atom. The van der Waals surface area contributed by atoms with Gasteiger partial charge in [-0.3, -0.25) is 0 Å². The van der Waals surface area contributed by atoms with E-state index in [-0.39, 0.29) is 0 Å². The predicted molar refractivity (Wildman–Crippen MR) is 89.6 cm³/mol. The minimum absolute atomic E-state index is 0.720. The molecule has 0 spiro atoms. The minimum atomic E-state index is 0.720. The Balaban J connectivity index is 1.79. The van der Waals surface area contributed by atoms with Gasteiger partial charge < -0.3 is 5.32 Å². The monoisotopic (exact) mass is 367 g/mol. The maximum absolute atomic E-state index is 6.05. The molecule has 1 saturated carbocycles. The smallest absolute Gasteiger partial charge is 0.0417 e. The number of hydrogen-bond donors (Lipinski definition) is 1. The van der Waals surface area contributed by atoms with Crippen molar-refractivity contribution in [2.75, 3.05) is 0 Å². The van der Waals surface area contributed by atoms with E-state index in [1.54, 1.807) is 11.8 Å². The Morgan fingerprint density at radius 3 is 2.80 bits per heavy atom. The Kier molecular flexibility index (Phi) is 4.72. The van der Waals surface area contributed by atoms with Crippen molar-refractivity contribution in [1.82, 2.24) is 5.32 Å². The van der Waals surface area contributed by atoms with Crippen molar-refractivity contribution in [2.24, 2.45) is 0 Å². The van der Waals surface area contributed by atoms with Crippen LogP contribution in [0.1, 0.15) is 18.4 Å². The van der Waals surface area contributed by atoms with Gasteiger partial charge in [-0.25, -0.2) is 0 Å². The van der Waals surface area contributed by atoms with E-state index in [9.17, 15) is 0 Å². The molecule has 0 aliphatic heterocycles. The highest BCUT2D eigenvalue weighted by atomic mass is 79.9. The van der Waals surface area contributed by atoms with E-state index in [0.29, 0.717) is 0 Å². The molecular formula is C16H15BrClNS. The van der Waals surface area contributed by atoms with Crippen LogP contribution in [-0.2, 0) is 6.54 Å². The van der Waals surface area contributed by atoms with E-state index >= 15 is 0 Å². The minimum Gasteiger partial charge on any atom is -0.310 e. The lowest BCUT2D eigenvalue weighted by Crippen LogP contribution is -2.15. The Labute approximate surface area is 137 Å². The van der Waals surface area contributed by atoms with Crippen LogP contribution in [0.3, 0.4) is 0 Å². The summed E-state index contributed by atoms with van der Waals surface area (Å²) in [7, 11) is 0. The first-order chi connectivity index (χ1) is 9.70. The molecule has 2 aromatic rings. The molecule has 20 heavy (non-hydrogen) atoms. The molecular weight excluding hydrogens is 354 g/mol. The highest BCUT2D eigenvalue weighted by molar-refractivity contribution is 9.10. The van der Waals surface area contributed by atoms with Gasteiger partial charge in [0.25, 0.3) is 0 Å². The summed E-state index contributed by atoms with van der Waals surface area (Å²) < 4.78 is 1.13. The first kappa shape index (κ1) is 14.5. The Bertz CT molecular complexity index is 613. The van der Waals surface area contributed by atoms with Gasteiger partial charge in [-0.15, -0.1) is 0 Å². The van der Waals surface area contributed by atoms with Crippen LogP contribution in [0.2, 0.25) is 5.02 Å². The van der Waals surface area contributed by atoms with E-state index in [0.717, 1.165) is 22.1 Å². The van der Waals surface area contributed by atoms with Crippen LogP contribution < -0.4 is 5.32 Å². The van der Waals surface area contributed by atoms with Gasteiger partial charge >= 0.3 is 0 Å². The lowest BCUT2D eigenvalue weighted by Gasteiger charge is -2.11. The zero-order chi connectivity index (χ0) is 13.9. The summed E-state index contributed by atoms with van der Waals surface area (Å²) in [6.07, 6.45) is 2.62. The molecule has 1 aliphatic rings. The molecule has 0 aromatic heterocycles. The summed E-state index contributed by atoms with van der Waals surface area (Å²) in [6.45, 7) is 0.924. The van der Waals surface area contributed by atoms with Gasteiger partial charge in [-0.2, -0.15) is 0 Å². The van der Waals surface area contributed by atoms with E-state index in [2.05, 4.69) is 45.5 Å². The van der Waals surface area contributed by atoms with Gasteiger partial charge in [-0.1, -0.05) is 45.4 Å². The van der Waals surface area contributed by atoms with Crippen molar-refractivity contribution in [1.29, 1.82) is 0 Å². The van der Waals surface area contributed by atoms with Crippen LogP contribution >= 0.6 is 39.3 Å². The maximum atomic E-state index is 6.05. The summed E-state index contributed by atoms with van der Waals surface area (Å²) >= 11 is 11.4. The Morgan fingerprint density at radius 1 is 1.20 bits per heavy atom. The third kappa shape index (κ3) is 4.01. The number of rotatable bonds is 5. The van der Waals surface area contributed by atoms with Gasteiger partial charge in [-0.05, 0) is 54.8 Å². The predicted octanol–water partition coefficient (Wildman–Crippen LogP) is 5.51. The fourth-order valence-electron chi connectivity index (χ4n) is 1.98. The van der Waals surface area contributed by atoms with Crippen LogP contribution in [0.4, 0.5) is 0 Å². The number of halogens is 2. The Hall–Kier alpha value is -0.480. The van der Waals surface area contributed by atoms with E-state index < -0.39 is 0 Å². The highest BCUT2D eigenvalue weighted by Crippen LogP contribution is 2.33. The summed E-state index contributed by atoms with van der Waals surface area (Å²) in [5.74, 6) is 0. The normalized spacial score (nSPS) is 14.5. The molecule has 0 bridgehead atoms. The van der Waals surface area contributed by atoms with Crippen molar-refractivity contribution in [3.05, 3.63) is 57.5 Å². The molecule has 0 amide bonds. The van der Waals surface area contributed by atoms with Crippen molar-refractivity contribution in [2.45, 2.75) is 35.2 Å². The average Bonchev–Trinajstić information content (AvgIpc) is 3.23. The summed E-state index contributed by atoms with van der Waals surface area (Å²) in [6, 6.07) is 15.2. The van der Waals surface area contributed by atoms with Gasteiger partial charge in [0.15, 0.2) is 0 Å². The molecule has 0 unspecified atom stereocenters. The number of hydrogen-bond acceptors (Lipinski definition) is 2. The van der Waals surface area contributed by atoms with E-state index in [1.807, 2.05) is 18.2 Å². The first-order valence-corrected chi connectivity index (χ1v) is 8.65. The molecule has 0 heterocycles. The van der Waals surface area contributed by atoms with Crippen molar-refractivity contribution in [3.63, 3.8) is 0 Å². The second-order valence-electron chi connectivity index (χ2n) is 4.97. The SMILES string of the molecule is Clc1cccc(Sc2ccc(Br)cc2CNC2CC2)c1. The fraction of sp³-hybridized carbons (Fsp3) is 0.250. The van der Waals surface area contributed by atoms with E-state index in [4.69, 9.17) is 11.6 Å². The lowest BCUT2D eigenvalue weighted by molar-refractivity contribution is 0.680. The molecule has 1 aliphatic carbocycles. The molecule has 3 rings (SSSR count). The topological polar surface area (TPSA) is 12.0 Å². The molecule has 0 radical (unpaired) electrons.